The molecule has 1 saturated heterocycles. The monoisotopic (exact) mass is 303 g/mol. The molecule has 1 unspecified atom stereocenters. The van der Waals surface area contributed by atoms with Crippen molar-refractivity contribution in [2.45, 2.75) is 19.4 Å². The lowest BCUT2D eigenvalue weighted by molar-refractivity contribution is 0.0904. The molecule has 1 atom stereocenters. The molecule has 7 heteroatoms. The molecule has 3 heterocycles. The molecule has 1 fully saturated rings. The number of hydrogen-bond donors (Lipinski definition) is 1. The molecule has 7 nitrogen and oxygen atoms in total. The van der Waals surface area contributed by atoms with Crippen molar-refractivity contribution in [1.82, 2.24) is 25.0 Å². The first kappa shape index (κ1) is 14.8. The SMILES string of the molecule is O=C(NCC1CCCN(CCn2cnnc2)C1)c1ccco1. The number of piperidine rings is 1. The Hall–Kier alpha value is -2.15. The van der Waals surface area contributed by atoms with Gasteiger partial charge in [-0.1, -0.05) is 0 Å². The van der Waals surface area contributed by atoms with Gasteiger partial charge >= 0.3 is 0 Å². The molecule has 118 valence electrons. The number of likely N-dealkylation sites (tertiary alicyclic amines) is 1. The van der Waals surface area contributed by atoms with Crippen molar-refractivity contribution >= 4 is 5.91 Å². The van der Waals surface area contributed by atoms with Crippen LogP contribution < -0.4 is 5.32 Å². The Morgan fingerprint density at radius 2 is 2.23 bits per heavy atom. The Balaban J connectivity index is 1.41. The van der Waals surface area contributed by atoms with E-state index in [1.165, 1.54) is 12.7 Å². The van der Waals surface area contributed by atoms with Crippen molar-refractivity contribution in [1.29, 1.82) is 0 Å². The summed E-state index contributed by atoms with van der Waals surface area (Å²) in [7, 11) is 0. The highest BCUT2D eigenvalue weighted by Crippen LogP contribution is 2.15. The molecule has 0 spiro atoms. The maximum absolute atomic E-state index is 11.9. The lowest BCUT2D eigenvalue weighted by Gasteiger charge is -2.32. The maximum atomic E-state index is 11.9. The summed E-state index contributed by atoms with van der Waals surface area (Å²) in [5.41, 5.74) is 0. The van der Waals surface area contributed by atoms with Gasteiger partial charge in [-0.25, -0.2) is 0 Å². The Labute approximate surface area is 129 Å². The molecule has 2 aromatic rings. The van der Waals surface area contributed by atoms with Gasteiger partial charge in [0, 0.05) is 26.2 Å². The minimum Gasteiger partial charge on any atom is -0.459 e. The summed E-state index contributed by atoms with van der Waals surface area (Å²) in [4.78, 5) is 14.3. The van der Waals surface area contributed by atoms with Crippen LogP contribution in [0.1, 0.15) is 23.4 Å². The Morgan fingerprint density at radius 1 is 1.36 bits per heavy atom. The minimum atomic E-state index is -0.133. The van der Waals surface area contributed by atoms with Gasteiger partial charge in [0.15, 0.2) is 5.76 Å². The second-order valence-corrected chi connectivity index (χ2v) is 5.70. The van der Waals surface area contributed by atoms with E-state index < -0.39 is 0 Å². The number of nitrogens with zero attached hydrogens (tertiary/aromatic N) is 4. The van der Waals surface area contributed by atoms with Gasteiger partial charge in [0.2, 0.25) is 0 Å². The highest BCUT2D eigenvalue weighted by molar-refractivity contribution is 5.91. The minimum absolute atomic E-state index is 0.133. The molecule has 0 bridgehead atoms. The molecule has 0 radical (unpaired) electrons. The maximum Gasteiger partial charge on any atom is 0.286 e. The van der Waals surface area contributed by atoms with Crippen molar-refractivity contribution in [3.8, 4) is 0 Å². The normalized spacial score (nSPS) is 19.2. The van der Waals surface area contributed by atoms with Crippen LogP contribution >= 0.6 is 0 Å². The third kappa shape index (κ3) is 3.94. The Kier molecular flexibility index (Phi) is 4.85. The summed E-state index contributed by atoms with van der Waals surface area (Å²) >= 11 is 0. The smallest absolute Gasteiger partial charge is 0.286 e. The van der Waals surface area contributed by atoms with E-state index in [-0.39, 0.29) is 5.91 Å². The number of furan rings is 1. The lowest BCUT2D eigenvalue weighted by Crippen LogP contribution is -2.42. The van der Waals surface area contributed by atoms with E-state index in [0.29, 0.717) is 18.2 Å². The van der Waals surface area contributed by atoms with Crippen molar-refractivity contribution < 1.29 is 9.21 Å². The largest absolute Gasteiger partial charge is 0.459 e. The molecule has 0 aromatic carbocycles. The van der Waals surface area contributed by atoms with E-state index in [4.69, 9.17) is 4.42 Å². The summed E-state index contributed by atoms with van der Waals surface area (Å²) in [5, 5.41) is 10.6. The van der Waals surface area contributed by atoms with Crippen LogP contribution in [0.2, 0.25) is 0 Å². The predicted octanol–water partition coefficient (Wildman–Crippen LogP) is 1.01. The van der Waals surface area contributed by atoms with Crippen LogP contribution in [0.15, 0.2) is 35.5 Å². The summed E-state index contributed by atoms with van der Waals surface area (Å²) in [5.74, 6) is 0.737. The molecule has 0 saturated carbocycles. The fourth-order valence-electron chi connectivity index (χ4n) is 2.85. The summed E-state index contributed by atoms with van der Waals surface area (Å²) in [6.45, 7) is 4.72. The second kappa shape index (κ2) is 7.22. The van der Waals surface area contributed by atoms with Crippen molar-refractivity contribution in [2.24, 2.45) is 5.92 Å². The Bertz CT molecular complexity index is 567. The summed E-state index contributed by atoms with van der Waals surface area (Å²) < 4.78 is 7.09. The van der Waals surface area contributed by atoms with Crippen molar-refractivity contribution in [3.05, 3.63) is 36.8 Å². The molecule has 1 aliphatic heterocycles. The van der Waals surface area contributed by atoms with Crippen LogP contribution in [0.5, 0.6) is 0 Å². The lowest BCUT2D eigenvalue weighted by atomic mass is 9.98. The molecule has 2 aromatic heterocycles. The third-order valence-electron chi connectivity index (χ3n) is 4.04. The number of amides is 1. The summed E-state index contributed by atoms with van der Waals surface area (Å²) in [6, 6.07) is 3.41. The van der Waals surface area contributed by atoms with Gasteiger partial charge in [-0.3, -0.25) is 4.79 Å². The number of rotatable bonds is 6. The first-order valence-corrected chi connectivity index (χ1v) is 7.68. The van der Waals surface area contributed by atoms with Gasteiger partial charge in [-0.2, -0.15) is 0 Å². The average Bonchev–Trinajstić information content (AvgIpc) is 3.24. The third-order valence-corrected chi connectivity index (χ3v) is 4.04. The van der Waals surface area contributed by atoms with Crippen molar-refractivity contribution in [3.63, 3.8) is 0 Å². The molecule has 1 aliphatic rings. The van der Waals surface area contributed by atoms with Crippen molar-refractivity contribution in [2.75, 3.05) is 26.2 Å². The zero-order valence-electron chi connectivity index (χ0n) is 12.5. The van der Waals surface area contributed by atoms with Crippen LogP contribution in [0, 0.1) is 5.92 Å². The molecular formula is C15H21N5O2. The number of carbonyl (C=O) groups excluding carboxylic acids is 1. The Morgan fingerprint density at radius 3 is 3.00 bits per heavy atom. The molecular weight excluding hydrogens is 282 g/mol. The van der Waals surface area contributed by atoms with E-state index in [9.17, 15) is 4.79 Å². The topological polar surface area (TPSA) is 76.2 Å². The quantitative estimate of drug-likeness (QED) is 0.862. The van der Waals surface area contributed by atoms with E-state index >= 15 is 0 Å². The van der Waals surface area contributed by atoms with E-state index in [2.05, 4.69) is 20.4 Å². The van der Waals surface area contributed by atoms with Gasteiger partial charge in [0.25, 0.3) is 5.91 Å². The fraction of sp³-hybridized carbons (Fsp3) is 0.533. The molecule has 22 heavy (non-hydrogen) atoms. The fourth-order valence-corrected chi connectivity index (χ4v) is 2.85. The molecule has 1 amide bonds. The van der Waals surface area contributed by atoms with Gasteiger partial charge in [-0.05, 0) is 37.4 Å². The first-order valence-electron chi connectivity index (χ1n) is 7.68. The number of nitrogens with one attached hydrogen (secondary N) is 1. The predicted molar refractivity (Wildman–Crippen MR) is 80.2 cm³/mol. The zero-order chi connectivity index (χ0) is 15.2. The van der Waals surface area contributed by atoms with E-state index in [1.54, 1.807) is 24.8 Å². The highest BCUT2D eigenvalue weighted by atomic mass is 16.3. The molecule has 3 rings (SSSR count). The van der Waals surface area contributed by atoms with Gasteiger partial charge in [-0.15, -0.1) is 10.2 Å². The van der Waals surface area contributed by atoms with Crippen LogP contribution in [-0.4, -0.2) is 51.8 Å². The second-order valence-electron chi connectivity index (χ2n) is 5.70. The average molecular weight is 303 g/mol. The zero-order valence-corrected chi connectivity index (χ0v) is 12.5. The van der Waals surface area contributed by atoms with Gasteiger partial charge in [0.1, 0.15) is 12.7 Å². The number of aromatic nitrogens is 3. The number of hydrogen-bond acceptors (Lipinski definition) is 5. The molecule has 1 N–H and O–H groups in total. The number of carbonyl (C=O) groups is 1. The molecule has 0 aliphatic carbocycles. The van der Waals surface area contributed by atoms with E-state index in [1.807, 2.05) is 4.57 Å². The van der Waals surface area contributed by atoms with Crippen LogP contribution in [0.25, 0.3) is 0 Å². The van der Waals surface area contributed by atoms with Crippen LogP contribution in [-0.2, 0) is 6.54 Å². The highest BCUT2D eigenvalue weighted by Gasteiger charge is 2.20. The van der Waals surface area contributed by atoms with Crippen LogP contribution in [0.4, 0.5) is 0 Å². The van der Waals surface area contributed by atoms with Gasteiger partial charge < -0.3 is 19.2 Å². The summed E-state index contributed by atoms with van der Waals surface area (Å²) in [6.07, 6.45) is 7.32. The first-order chi connectivity index (χ1) is 10.8. The standard InChI is InChI=1S/C15H21N5O2/c21-15(14-4-2-8-22-14)16-9-13-3-1-5-19(10-13)6-7-20-11-17-18-12-20/h2,4,8,11-13H,1,3,5-7,9-10H2,(H,16,21). The van der Waals surface area contributed by atoms with Crippen LogP contribution in [0.3, 0.4) is 0 Å². The van der Waals surface area contributed by atoms with E-state index in [0.717, 1.165) is 32.6 Å². The van der Waals surface area contributed by atoms with Gasteiger partial charge in [0.05, 0.1) is 6.26 Å².